The number of carbonyl (C=O) groups is 2. The Morgan fingerprint density at radius 3 is 2.32 bits per heavy atom. The summed E-state index contributed by atoms with van der Waals surface area (Å²) in [5, 5.41) is 2.66. The zero-order chi connectivity index (χ0) is 24.1. The van der Waals surface area contributed by atoms with Crippen molar-refractivity contribution in [1.82, 2.24) is 9.97 Å². The molecule has 0 spiro atoms. The van der Waals surface area contributed by atoms with E-state index in [1.165, 1.54) is 14.2 Å². The summed E-state index contributed by atoms with van der Waals surface area (Å²) in [7, 11) is 4.62. The van der Waals surface area contributed by atoms with Crippen molar-refractivity contribution in [1.29, 1.82) is 0 Å². The SMILES string of the molecule is COc1ccc(-c2nc3ccc(C(=O)OCC(=O)Nc4ccc(OC)cc4OC)cc3[nH]2)cc1. The number of aromatic nitrogens is 2. The zero-order valence-corrected chi connectivity index (χ0v) is 18.9. The summed E-state index contributed by atoms with van der Waals surface area (Å²) in [5.41, 5.74) is 2.99. The number of hydrogen-bond donors (Lipinski definition) is 2. The van der Waals surface area contributed by atoms with Crippen LogP contribution < -0.4 is 19.5 Å². The Morgan fingerprint density at radius 1 is 0.882 bits per heavy atom. The highest BCUT2D eigenvalue weighted by Crippen LogP contribution is 2.29. The van der Waals surface area contributed by atoms with E-state index < -0.39 is 18.5 Å². The van der Waals surface area contributed by atoms with Gasteiger partial charge in [-0.25, -0.2) is 9.78 Å². The van der Waals surface area contributed by atoms with Gasteiger partial charge in [0.1, 0.15) is 23.1 Å². The van der Waals surface area contributed by atoms with Crippen molar-refractivity contribution in [3.8, 4) is 28.6 Å². The van der Waals surface area contributed by atoms with Crippen molar-refractivity contribution in [3.05, 3.63) is 66.2 Å². The first-order chi connectivity index (χ1) is 16.5. The predicted molar refractivity (Wildman–Crippen MR) is 127 cm³/mol. The summed E-state index contributed by atoms with van der Waals surface area (Å²) in [4.78, 5) is 32.6. The maximum Gasteiger partial charge on any atom is 0.338 e. The molecule has 9 nitrogen and oxygen atoms in total. The maximum atomic E-state index is 12.5. The number of imidazole rings is 1. The number of methoxy groups -OCH3 is 3. The second-order valence-electron chi connectivity index (χ2n) is 7.24. The van der Waals surface area contributed by atoms with Crippen LogP contribution >= 0.6 is 0 Å². The summed E-state index contributed by atoms with van der Waals surface area (Å²) in [6.07, 6.45) is 0. The van der Waals surface area contributed by atoms with E-state index in [1.54, 1.807) is 43.5 Å². The van der Waals surface area contributed by atoms with Gasteiger partial charge in [0.2, 0.25) is 0 Å². The Balaban J connectivity index is 1.41. The molecule has 0 unspecified atom stereocenters. The van der Waals surface area contributed by atoms with Gasteiger partial charge in [-0.3, -0.25) is 4.79 Å². The smallest absolute Gasteiger partial charge is 0.338 e. The molecule has 1 aromatic heterocycles. The van der Waals surface area contributed by atoms with Crippen LogP contribution in [-0.2, 0) is 9.53 Å². The van der Waals surface area contributed by atoms with E-state index in [9.17, 15) is 9.59 Å². The largest absolute Gasteiger partial charge is 0.497 e. The normalized spacial score (nSPS) is 10.6. The Labute approximate surface area is 195 Å². The van der Waals surface area contributed by atoms with E-state index in [0.717, 1.165) is 11.3 Å². The number of H-pyrrole nitrogens is 1. The molecule has 0 radical (unpaired) electrons. The first kappa shape index (κ1) is 22.7. The van der Waals surface area contributed by atoms with Crippen molar-refractivity contribution >= 4 is 28.6 Å². The fourth-order valence-corrected chi connectivity index (χ4v) is 3.32. The number of hydrogen-bond acceptors (Lipinski definition) is 7. The molecule has 0 atom stereocenters. The third kappa shape index (κ3) is 4.93. The van der Waals surface area contributed by atoms with Crippen LogP contribution in [0.3, 0.4) is 0 Å². The standard InChI is InChI=1S/C25H23N3O6/c1-31-17-7-4-15(5-8-17)24-27-19-10-6-16(12-21(19)28-24)25(30)34-14-23(29)26-20-11-9-18(32-2)13-22(20)33-3/h4-13H,14H2,1-3H3,(H,26,29)(H,27,28). The molecule has 2 N–H and O–H groups in total. The molecular weight excluding hydrogens is 438 g/mol. The minimum Gasteiger partial charge on any atom is -0.497 e. The monoisotopic (exact) mass is 461 g/mol. The fraction of sp³-hybridized carbons (Fsp3) is 0.160. The lowest BCUT2D eigenvalue weighted by Gasteiger charge is -2.11. The summed E-state index contributed by atoms with van der Waals surface area (Å²) < 4.78 is 20.7. The summed E-state index contributed by atoms with van der Waals surface area (Å²) >= 11 is 0. The number of anilines is 1. The fourth-order valence-electron chi connectivity index (χ4n) is 3.32. The van der Waals surface area contributed by atoms with Crippen LogP contribution in [0.4, 0.5) is 5.69 Å². The van der Waals surface area contributed by atoms with Crippen molar-refractivity contribution in [3.63, 3.8) is 0 Å². The molecular formula is C25H23N3O6. The van der Waals surface area contributed by atoms with Gasteiger partial charge in [0.25, 0.3) is 5.91 Å². The summed E-state index contributed by atoms with van der Waals surface area (Å²) in [6.45, 7) is -0.452. The van der Waals surface area contributed by atoms with Gasteiger partial charge in [-0.2, -0.15) is 0 Å². The van der Waals surface area contributed by atoms with Gasteiger partial charge in [0.05, 0.1) is 43.6 Å². The second kappa shape index (κ2) is 9.95. The van der Waals surface area contributed by atoms with Crippen LogP contribution in [0.1, 0.15) is 10.4 Å². The van der Waals surface area contributed by atoms with E-state index in [4.69, 9.17) is 18.9 Å². The maximum absolute atomic E-state index is 12.5. The van der Waals surface area contributed by atoms with Crippen LogP contribution in [0.5, 0.6) is 17.2 Å². The third-order valence-electron chi connectivity index (χ3n) is 5.10. The summed E-state index contributed by atoms with van der Waals surface area (Å²) in [5.74, 6) is 1.30. The van der Waals surface area contributed by atoms with Crippen molar-refractivity contribution in [2.45, 2.75) is 0 Å². The number of aromatic amines is 1. The van der Waals surface area contributed by atoms with Crippen LogP contribution in [0.2, 0.25) is 0 Å². The Hall–Kier alpha value is -4.53. The van der Waals surface area contributed by atoms with Crippen molar-refractivity contribution in [2.75, 3.05) is 33.3 Å². The van der Waals surface area contributed by atoms with Crippen LogP contribution in [0.15, 0.2) is 60.7 Å². The molecule has 0 aliphatic rings. The van der Waals surface area contributed by atoms with Crippen LogP contribution in [-0.4, -0.2) is 49.8 Å². The molecule has 4 aromatic rings. The lowest BCUT2D eigenvalue weighted by Crippen LogP contribution is -2.21. The highest BCUT2D eigenvalue weighted by molar-refractivity contribution is 5.98. The Bertz CT molecular complexity index is 1330. The highest BCUT2D eigenvalue weighted by atomic mass is 16.5. The van der Waals surface area contributed by atoms with Gasteiger partial charge in [-0.1, -0.05) is 0 Å². The van der Waals surface area contributed by atoms with Crippen LogP contribution in [0.25, 0.3) is 22.4 Å². The average Bonchev–Trinajstić information content (AvgIpc) is 3.31. The lowest BCUT2D eigenvalue weighted by molar-refractivity contribution is -0.119. The Kier molecular flexibility index (Phi) is 6.63. The van der Waals surface area contributed by atoms with E-state index in [2.05, 4.69) is 15.3 Å². The molecule has 0 bridgehead atoms. The van der Waals surface area contributed by atoms with E-state index in [-0.39, 0.29) is 0 Å². The minimum absolute atomic E-state index is 0.298. The zero-order valence-electron chi connectivity index (χ0n) is 18.9. The molecule has 4 rings (SSSR count). The number of nitrogens with zero attached hydrogens (tertiary/aromatic N) is 1. The quantitative estimate of drug-likeness (QED) is 0.381. The average molecular weight is 461 g/mol. The van der Waals surface area contributed by atoms with E-state index in [1.807, 2.05) is 24.3 Å². The third-order valence-corrected chi connectivity index (χ3v) is 5.10. The second-order valence-corrected chi connectivity index (χ2v) is 7.24. The lowest BCUT2D eigenvalue weighted by atomic mass is 10.2. The number of ether oxygens (including phenoxy) is 4. The molecule has 1 heterocycles. The van der Waals surface area contributed by atoms with Gasteiger partial charge in [-0.15, -0.1) is 0 Å². The van der Waals surface area contributed by atoms with E-state index >= 15 is 0 Å². The number of esters is 1. The van der Waals surface area contributed by atoms with Gasteiger partial charge >= 0.3 is 5.97 Å². The molecule has 174 valence electrons. The van der Waals surface area contributed by atoms with Gasteiger partial charge in [0.15, 0.2) is 6.61 Å². The Morgan fingerprint density at radius 2 is 1.62 bits per heavy atom. The number of amides is 1. The van der Waals surface area contributed by atoms with Crippen molar-refractivity contribution < 1.29 is 28.5 Å². The highest BCUT2D eigenvalue weighted by Gasteiger charge is 2.14. The number of nitrogens with one attached hydrogen (secondary N) is 2. The molecule has 1 amide bonds. The molecule has 0 fully saturated rings. The number of benzene rings is 3. The first-order valence-corrected chi connectivity index (χ1v) is 10.3. The predicted octanol–water partition coefficient (Wildman–Crippen LogP) is 4.05. The van der Waals surface area contributed by atoms with Gasteiger partial charge < -0.3 is 29.2 Å². The number of fused-ring (bicyclic) bond motifs is 1. The topological polar surface area (TPSA) is 112 Å². The molecule has 3 aromatic carbocycles. The molecule has 0 saturated carbocycles. The van der Waals surface area contributed by atoms with Crippen LogP contribution in [0, 0.1) is 0 Å². The molecule has 0 saturated heterocycles. The number of rotatable bonds is 8. The van der Waals surface area contributed by atoms with Crippen molar-refractivity contribution in [2.24, 2.45) is 0 Å². The van der Waals surface area contributed by atoms with Gasteiger partial charge in [-0.05, 0) is 54.6 Å². The van der Waals surface area contributed by atoms with E-state index in [0.29, 0.717) is 39.6 Å². The minimum atomic E-state index is -0.626. The molecule has 9 heteroatoms. The first-order valence-electron chi connectivity index (χ1n) is 10.3. The molecule has 0 aliphatic carbocycles. The number of carbonyl (C=O) groups excluding carboxylic acids is 2. The molecule has 34 heavy (non-hydrogen) atoms. The molecule has 0 aliphatic heterocycles. The summed E-state index contributed by atoms with van der Waals surface area (Å²) in [6, 6.07) is 17.4. The van der Waals surface area contributed by atoms with Gasteiger partial charge in [0, 0.05) is 11.6 Å².